The Kier molecular flexibility index (Phi) is 5.26. The van der Waals surface area contributed by atoms with Gasteiger partial charge in [0, 0.05) is 21.1 Å². The molecule has 0 saturated heterocycles. The molecule has 49 heavy (non-hydrogen) atoms. The first-order valence-corrected chi connectivity index (χ1v) is 16.6. The van der Waals surface area contributed by atoms with Crippen LogP contribution in [0.4, 0.5) is 0 Å². The average Bonchev–Trinajstić information content (AvgIpc) is 3.80. The van der Waals surface area contributed by atoms with Gasteiger partial charge < -0.3 is 0 Å². The lowest BCUT2D eigenvalue weighted by Crippen LogP contribution is -2.29. The van der Waals surface area contributed by atoms with Gasteiger partial charge in [-0.15, -0.1) is 0 Å². The molecule has 0 atom stereocenters. The Morgan fingerprint density at radius 2 is 1.31 bits per heavy atom. The van der Waals surface area contributed by atoms with Crippen LogP contribution < -0.4 is 4.57 Å². The Hall–Kier alpha value is -6.26. The predicted octanol–water partition coefficient (Wildman–Crippen LogP) is 9.62. The summed E-state index contributed by atoms with van der Waals surface area (Å²) < 4.78 is 31.0. The molecule has 3 aromatic heterocycles. The molecule has 1 aliphatic carbocycles. The standard InChI is InChI=1S/C45H33N4/c1-30-24-25-46-44(26-30)49-40-19-8-5-16-36(40)37-23-22-32(28-43(37)49)45(38-17-6-3-14-34(38)35-15-4-7-18-39(35)45)31-12-11-13-33(27-31)48-29-47(2)41-20-9-10-21-42(41)48/h3-29H,1-2H3/q+1/i1D3. The molecule has 4 heteroatoms. The second kappa shape index (κ2) is 10.4. The van der Waals surface area contributed by atoms with E-state index in [1.54, 1.807) is 18.3 Å². The largest absolute Gasteiger partial charge is 0.294 e. The van der Waals surface area contributed by atoms with E-state index < -0.39 is 12.3 Å². The van der Waals surface area contributed by atoms with Crippen molar-refractivity contribution in [2.45, 2.75) is 12.3 Å². The third-order valence-electron chi connectivity index (χ3n) is 10.4. The first-order valence-electron chi connectivity index (χ1n) is 18.1. The van der Waals surface area contributed by atoms with Crippen molar-refractivity contribution >= 4 is 32.8 Å². The molecule has 0 fully saturated rings. The highest BCUT2D eigenvalue weighted by Gasteiger charge is 2.46. The Morgan fingerprint density at radius 1 is 0.612 bits per heavy atom. The molecule has 9 aromatic rings. The minimum absolute atomic E-state index is 0.262. The smallest absolute Gasteiger partial charge is 0.249 e. The molecule has 1 aliphatic rings. The molecular weight excluding hydrogens is 597 g/mol. The number of aryl methyl sites for hydroxylation is 2. The average molecular weight is 633 g/mol. The number of hydrogen-bond donors (Lipinski definition) is 0. The van der Waals surface area contributed by atoms with E-state index in [-0.39, 0.29) is 5.56 Å². The molecule has 0 N–H and O–H groups in total. The maximum Gasteiger partial charge on any atom is 0.249 e. The number of aromatic nitrogens is 4. The van der Waals surface area contributed by atoms with Crippen LogP contribution in [-0.2, 0) is 12.5 Å². The van der Waals surface area contributed by atoms with Crippen LogP contribution in [0.1, 0.15) is 31.9 Å². The van der Waals surface area contributed by atoms with Crippen LogP contribution >= 0.6 is 0 Å². The Bertz CT molecular complexity index is 2830. The number of para-hydroxylation sites is 3. The summed E-state index contributed by atoms with van der Waals surface area (Å²) in [6, 6.07) is 53.4. The molecule has 10 rings (SSSR count). The summed E-state index contributed by atoms with van der Waals surface area (Å²) >= 11 is 0. The van der Waals surface area contributed by atoms with Crippen molar-refractivity contribution in [2.75, 3.05) is 0 Å². The Labute approximate surface area is 289 Å². The SMILES string of the molecule is [2H]C([2H])([2H])c1ccnc(-n2c3ccccc3c3ccc(C4(c5cccc(-n6c[n+](C)c7ccccc76)c5)c5ccccc5-c5ccccc54)cc32)c1. The van der Waals surface area contributed by atoms with E-state index in [9.17, 15) is 0 Å². The summed E-state index contributed by atoms with van der Waals surface area (Å²) in [4.78, 5) is 4.75. The fourth-order valence-electron chi connectivity index (χ4n) is 8.37. The molecule has 0 unspecified atom stereocenters. The van der Waals surface area contributed by atoms with Crippen molar-refractivity contribution in [2.24, 2.45) is 7.05 Å². The number of hydrogen-bond acceptors (Lipinski definition) is 1. The Morgan fingerprint density at radius 3 is 2.12 bits per heavy atom. The van der Waals surface area contributed by atoms with E-state index in [1.807, 2.05) is 12.1 Å². The number of rotatable bonds is 4. The fourth-order valence-corrected chi connectivity index (χ4v) is 8.37. The predicted molar refractivity (Wildman–Crippen MR) is 199 cm³/mol. The van der Waals surface area contributed by atoms with Crippen LogP contribution in [0, 0.1) is 6.85 Å². The zero-order chi connectivity index (χ0) is 35.2. The molecular formula is C45H33N4+. The maximum atomic E-state index is 8.15. The van der Waals surface area contributed by atoms with E-state index in [1.165, 1.54) is 22.3 Å². The van der Waals surface area contributed by atoms with Gasteiger partial charge in [0.1, 0.15) is 11.5 Å². The van der Waals surface area contributed by atoms with Gasteiger partial charge in [0.2, 0.25) is 6.33 Å². The van der Waals surface area contributed by atoms with Gasteiger partial charge in [-0.1, -0.05) is 103 Å². The summed E-state index contributed by atoms with van der Waals surface area (Å²) in [7, 11) is 2.09. The zero-order valence-corrected chi connectivity index (χ0v) is 26.9. The number of imidazole rings is 1. The minimum atomic E-state index is -2.25. The number of fused-ring (bicyclic) bond motifs is 7. The monoisotopic (exact) mass is 632 g/mol. The minimum Gasteiger partial charge on any atom is -0.294 e. The quantitative estimate of drug-likeness (QED) is 0.178. The van der Waals surface area contributed by atoms with E-state index in [4.69, 9.17) is 9.10 Å². The van der Waals surface area contributed by atoms with E-state index in [2.05, 4.69) is 154 Å². The van der Waals surface area contributed by atoms with E-state index >= 15 is 0 Å². The van der Waals surface area contributed by atoms with Crippen LogP contribution in [0.2, 0.25) is 0 Å². The van der Waals surface area contributed by atoms with Crippen molar-refractivity contribution in [1.82, 2.24) is 14.1 Å². The third kappa shape index (κ3) is 3.86. The van der Waals surface area contributed by atoms with Crippen LogP contribution in [0.25, 0.3) is 55.5 Å². The van der Waals surface area contributed by atoms with Gasteiger partial charge >= 0.3 is 0 Å². The van der Waals surface area contributed by atoms with Crippen molar-refractivity contribution in [3.8, 4) is 22.6 Å². The van der Waals surface area contributed by atoms with Crippen LogP contribution in [-0.4, -0.2) is 14.1 Å². The summed E-state index contributed by atoms with van der Waals surface area (Å²) in [5, 5.41) is 2.16. The van der Waals surface area contributed by atoms with Gasteiger partial charge in [-0.25, -0.2) is 9.55 Å². The third-order valence-corrected chi connectivity index (χ3v) is 10.4. The summed E-state index contributed by atoms with van der Waals surface area (Å²) in [5.74, 6) is 0.576. The maximum absolute atomic E-state index is 8.15. The summed E-state index contributed by atoms with van der Waals surface area (Å²) in [5.41, 5.74) is 12.1. The number of benzene rings is 6. The molecule has 0 aliphatic heterocycles. The van der Waals surface area contributed by atoms with Crippen LogP contribution in [0.5, 0.6) is 0 Å². The van der Waals surface area contributed by atoms with Crippen molar-refractivity contribution in [3.05, 3.63) is 192 Å². The first kappa shape index (κ1) is 24.9. The highest BCUT2D eigenvalue weighted by molar-refractivity contribution is 6.09. The lowest BCUT2D eigenvalue weighted by Gasteiger charge is -2.34. The van der Waals surface area contributed by atoms with Crippen LogP contribution in [0.15, 0.2) is 164 Å². The molecule has 6 aromatic carbocycles. The second-order valence-corrected chi connectivity index (χ2v) is 13.0. The van der Waals surface area contributed by atoms with Gasteiger partial charge in [-0.05, 0) is 94.3 Å². The van der Waals surface area contributed by atoms with Crippen molar-refractivity contribution in [1.29, 1.82) is 0 Å². The van der Waals surface area contributed by atoms with E-state index in [0.717, 1.165) is 49.7 Å². The highest BCUT2D eigenvalue weighted by Crippen LogP contribution is 2.56. The van der Waals surface area contributed by atoms with Crippen molar-refractivity contribution in [3.63, 3.8) is 0 Å². The Balaban J connectivity index is 1.30. The van der Waals surface area contributed by atoms with Crippen molar-refractivity contribution < 1.29 is 8.68 Å². The fraction of sp³-hybridized carbons (Fsp3) is 0.0667. The summed E-state index contributed by atoms with van der Waals surface area (Å²) in [6.45, 7) is -2.25. The molecule has 0 spiro atoms. The lowest BCUT2D eigenvalue weighted by atomic mass is 9.67. The zero-order valence-electron chi connectivity index (χ0n) is 29.9. The molecule has 4 nitrogen and oxygen atoms in total. The molecule has 232 valence electrons. The molecule has 3 heterocycles. The normalized spacial score (nSPS) is 14.4. The first-order chi connectivity index (χ1) is 25.3. The lowest BCUT2D eigenvalue weighted by molar-refractivity contribution is -0.645. The van der Waals surface area contributed by atoms with Crippen LogP contribution in [0.3, 0.4) is 0 Å². The number of pyridine rings is 1. The van der Waals surface area contributed by atoms with Gasteiger partial charge in [0.05, 0.1) is 23.5 Å². The van der Waals surface area contributed by atoms with Gasteiger partial charge in [-0.2, -0.15) is 4.57 Å². The van der Waals surface area contributed by atoms with Gasteiger partial charge in [-0.3, -0.25) is 4.57 Å². The van der Waals surface area contributed by atoms with Gasteiger partial charge in [0.15, 0.2) is 11.0 Å². The molecule has 0 bridgehead atoms. The topological polar surface area (TPSA) is 26.6 Å². The molecule has 0 radical (unpaired) electrons. The second-order valence-electron chi connectivity index (χ2n) is 13.0. The molecule has 0 amide bonds. The van der Waals surface area contributed by atoms with E-state index in [0.29, 0.717) is 5.82 Å². The molecule has 0 saturated carbocycles. The van der Waals surface area contributed by atoms with Gasteiger partial charge in [0.25, 0.3) is 0 Å². The highest BCUT2D eigenvalue weighted by atomic mass is 15.1. The summed E-state index contributed by atoms with van der Waals surface area (Å²) in [6.07, 6.45) is 3.75. The number of nitrogens with zero attached hydrogens (tertiary/aromatic N) is 4.